The van der Waals surface area contributed by atoms with E-state index in [4.69, 9.17) is 9.47 Å². The summed E-state index contributed by atoms with van der Waals surface area (Å²) in [4.78, 5) is 18.9. The van der Waals surface area contributed by atoms with Crippen LogP contribution in [0.25, 0.3) is 0 Å². The third kappa shape index (κ3) is 7.43. The Kier molecular flexibility index (Phi) is 8.97. The lowest BCUT2D eigenvalue weighted by atomic mass is 10.0. The van der Waals surface area contributed by atoms with Crippen LogP contribution in [-0.4, -0.2) is 48.2 Å². The molecule has 0 unspecified atom stereocenters. The van der Waals surface area contributed by atoms with Crippen LogP contribution in [0.1, 0.15) is 45.1 Å². The van der Waals surface area contributed by atoms with Crippen molar-refractivity contribution in [1.82, 2.24) is 20.5 Å². The minimum Gasteiger partial charge on any atom is -0.490 e. The van der Waals surface area contributed by atoms with Crippen molar-refractivity contribution in [2.75, 3.05) is 26.2 Å². The number of hydrogen-bond donors (Lipinski definition) is 2. The highest BCUT2D eigenvalue weighted by atomic mass is 16.5. The predicted octanol–water partition coefficient (Wildman–Crippen LogP) is 4.34. The second-order valence-electron chi connectivity index (χ2n) is 7.83. The molecule has 1 aromatic carbocycles. The SMILES string of the molecule is CCOc1ccccc1Oc1ccc(CNC(=O)NCCCN2CCCC[C@@H]2C)cn1. The third-order valence-electron chi connectivity index (χ3n) is 5.46. The van der Waals surface area contributed by atoms with Gasteiger partial charge < -0.3 is 25.0 Å². The molecule has 0 spiro atoms. The molecule has 0 aliphatic carbocycles. The van der Waals surface area contributed by atoms with Crippen LogP contribution in [0, 0.1) is 0 Å². The van der Waals surface area contributed by atoms with Gasteiger partial charge in [-0.1, -0.05) is 24.6 Å². The number of likely N-dealkylation sites (tertiary alicyclic amines) is 1. The second-order valence-corrected chi connectivity index (χ2v) is 7.83. The Morgan fingerprint density at radius 2 is 2.00 bits per heavy atom. The van der Waals surface area contributed by atoms with Crippen molar-refractivity contribution in [2.24, 2.45) is 0 Å². The monoisotopic (exact) mass is 426 g/mol. The van der Waals surface area contributed by atoms with Crippen molar-refractivity contribution < 1.29 is 14.3 Å². The Morgan fingerprint density at radius 1 is 1.16 bits per heavy atom. The number of hydrogen-bond acceptors (Lipinski definition) is 5. The number of carbonyl (C=O) groups excluding carboxylic acids is 1. The number of carbonyl (C=O) groups is 1. The highest BCUT2D eigenvalue weighted by Crippen LogP contribution is 2.30. The number of amides is 2. The molecule has 1 aliphatic heterocycles. The summed E-state index contributed by atoms with van der Waals surface area (Å²) in [5.74, 6) is 1.79. The highest BCUT2D eigenvalue weighted by molar-refractivity contribution is 5.73. The molecule has 1 saturated heterocycles. The number of nitrogens with zero attached hydrogens (tertiary/aromatic N) is 2. The van der Waals surface area contributed by atoms with Gasteiger partial charge >= 0.3 is 6.03 Å². The molecular weight excluding hydrogens is 392 g/mol. The van der Waals surface area contributed by atoms with Crippen LogP contribution >= 0.6 is 0 Å². The van der Waals surface area contributed by atoms with Crippen molar-refractivity contribution in [3.05, 3.63) is 48.2 Å². The van der Waals surface area contributed by atoms with Gasteiger partial charge in [0.2, 0.25) is 5.88 Å². The quantitative estimate of drug-likeness (QED) is 0.553. The zero-order valence-corrected chi connectivity index (χ0v) is 18.6. The standard InChI is InChI=1S/C24H34N4O3/c1-3-30-21-10-4-5-11-22(21)31-23-13-12-20(17-26-23)18-27-24(29)25-14-8-16-28-15-7-6-9-19(28)2/h4-5,10-13,17,19H,3,6-9,14-16,18H2,1-2H3,(H2,25,27,29)/t19-/m0/s1. The lowest BCUT2D eigenvalue weighted by Crippen LogP contribution is -2.40. The van der Waals surface area contributed by atoms with Crippen molar-refractivity contribution in [2.45, 2.75) is 52.1 Å². The van der Waals surface area contributed by atoms with Gasteiger partial charge in [0.15, 0.2) is 11.5 Å². The van der Waals surface area contributed by atoms with Gasteiger partial charge in [0, 0.05) is 37.9 Å². The summed E-state index contributed by atoms with van der Waals surface area (Å²) in [6, 6.07) is 11.7. The zero-order chi connectivity index (χ0) is 21.9. The molecule has 1 fully saturated rings. The Labute approximate surface area is 185 Å². The van der Waals surface area contributed by atoms with Gasteiger partial charge in [-0.2, -0.15) is 0 Å². The van der Waals surface area contributed by atoms with E-state index in [0.717, 1.165) is 18.5 Å². The fourth-order valence-corrected chi connectivity index (χ4v) is 3.72. The van der Waals surface area contributed by atoms with Crippen molar-refractivity contribution >= 4 is 6.03 Å². The predicted molar refractivity (Wildman–Crippen MR) is 122 cm³/mol. The van der Waals surface area contributed by atoms with Crippen LogP contribution in [0.4, 0.5) is 4.79 Å². The topological polar surface area (TPSA) is 75.7 Å². The molecule has 0 saturated carbocycles. The molecule has 1 aliphatic rings. The number of ether oxygens (including phenoxy) is 2. The molecule has 1 aromatic heterocycles. The molecule has 0 bridgehead atoms. The number of piperidine rings is 1. The van der Waals surface area contributed by atoms with E-state index < -0.39 is 0 Å². The van der Waals surface area contributed by atoms with Crippen LogP contribution in [0.5, 0.6) is 17.4 Å². The van der Waals surface area contributed by atoms with Crippen LogP contribution in [0.15, 0.2) is 42.6 Å². The summed E-state index contributed by atoms with van der Waals surface area (Å²) in [7, 11) is 0. The van der Waals surface area contributed by atoms with Gasteiger partial charge in [0.05, 0.1) is 6.61 Å². The second kappa shape index (κ2) is 12.2. The number of nitrogens with one attached hydrogen (secondary N) is 2. The zero-order valence-electron chi connectivity index (χ0n) is 18.6. The molecule has 2 aromatic rings. The first kappa shape index (κ1) is 22.9. The molecule has 3 rings (SSSR count). The number of aromatic nitrogens is 1. The smallest absolute Gasteiger partial charge is 0.315 e. The van der Waals surface area contributed by atoms with E-state index in [-0.39, 0.29) is 6.03 Å². The van der Waals surface area contributed by atoms with Crippen molar-refractivity contribution in [1.29, 1.82) is 0 Å². The van der Waals surface area contributed by atoms with E-state index in [2.05, 4.69) is 27.4 Å². The fraction of sp³-hybridized carbons (Fsp3) is 0.500. The van der Waals surface area contributed by atoms with Gasteiger partial charge in [0.1, 0.15) is 0 Å². The minimum atomic E-state index is -0.155. The minimum absolute atomic E-state index is 0.155. The van der Waals surface area contributed by atoms with Gasteiger partial charge in [-0.25, -0.2) is 9.78 Å². The van der Waals surface area contributed by atoms with Gasteiger partial charge in [-0.3, -0.25) is 0 Å². The normalized spacial score (nSPS) is 16.5. The van der Waals surface area contributed by atoms with E-state index in [9.17, 15) is 4.79 Å². The largest absolute Gasteiger partial charge is 0.490 e. The van der Waals surface area contributed by atoms with E-state index in [1.807, 2.05) is 37.3 Å². The lowest BCUT2D eigenvalue weighted by molar-refractivity contribution is 0.159. The maximum absolute atomic E-state index is 12.0. The van der Waals surface area contributed by atoms with Crippen molar-refractivity contribution in [3.63, 3.8) is 0 Å². The average molecular weight is 427 g/mol. The summed E-state index contributed by atoms with van der Waals surface area (Å²) in [6.07, 6.45) is 6.58. The Bertz CT molecular complexity index is 813. The summed E-state index contributed by atoms with van der Waals surface area (Å²) >= 11 is 0. The fourth-order valence-electron chi connectivity index (χ4n) is 3.72. The first-order valence-electron chi connectivity index (χ1n) is 11.3. The average Bonchev–Trinajstić information content (AvgIpc) is 2.79. The van der Waals surface area contributed by atoms with Gasteiger partial charge in [0.25, 0.3) is 0 Å². The first-order chi connectivity index (χ1) is 15.2. The molecular formula is C24H34N4O3. The van der Waals surface area contributed by atoms with E-state index in [1.54, 1.807) is 12.3 Å². The summed E-state index contributed by atoms with van der Waals surface area (Å²) < 4.78 is 11.4. The lowest BCUT2D eigenvalue weighted by Gasteiger charge is -2.33. The number of urea groups is 1. The molecule has 2 heterocycles. The summed E-state index contributed by atoms with van der Waals surface area (Å²) in [5, 5.41) is 5.81. The van der Waals surface area contributed by atoms with Gasteiger partial charge in [-0.15, -0.1) is 0 Å². The number of para-hydroxylation sites is 2. The van der Waals surface area contributed by atoms with E-state index in [0.29, 0.717) is 43.1 Å². The third-order valence-corrected chi connectivity index (χ3v) is 5.46. The molecule has 168 valence electrons. The first-order valence-corrected chi connectivity index (χ1v) is 11.3. The highest BCUT2D eigenvalue weighted by Gasteiger charge is 2.17. The summed E-state index contributed by atoms with van der Waals surface area (Å²) in [6.45, 7) is 8.11. The molecule has 2 amide bonds. The maximum atomic E-state index is 12.0. The Hall–Kier alpha value is -2.80. The number of rotatable bonds is 10. The Balaban J connectivity index is 1.36. The molecule has 7 heteroatoms. The van der Waals surface area contributed by atoms with Gasteiger partial charge in [-0.05, 0) is 57.4 Å². The van der Waals surface area contributed by atoms with Crippen LogP contribution in [0.2, 0.25) is 0 Å². The maximum Gasteiger partial charge on any atom is 0.315 e. The number of benzene rings is 1. The van der Waals surface area contributed by atoms with E-state index >= 15 is 0 Å². The molecule has 1 atom stereocenters. The summed E-state index contributed by atoms with van der Waals surface area (Å²) in [5.41, 5.74) is 0.905. The Morgan fingerprint density at radius 3 is 2.74 bits per heavy atom. The molecule has 31 heavy (non-hydrogen) atoms. The van der Waals surface area contributed by atoms with E-state index in [1.165, 1.54) is 25.8 Å². The molecule has 7 nitrogen and oxygen atoms in total. The van der Waals surface area contributed by atoms with Crippen LogP contribution < -0.4 is 20.1 Å². The number of pyridine rings is 1. The van der Waals surface area contributed by atoms with Crippen LogP contribution in [-0.2, 0) is 6.54 Å². The molecule has 0 radical (unpaired) electrons. The molecule has 2 N–H and O–H groups in total. The van der Waals surface area contributed by atoms with Crippen molar-refractivity contribution in [3.8, 4) is 17.4 Å². The van der Waals surface area contributed by atoms with Crippen LogP contribution in [0.3, 0.4) is 0 Å².